The van der Waals surface area contributed by atoms with Crippen LogP contribution in [0.5, 0.6) is 5.88 Å². The molecule has 230 valence electrons. The summed E-state index contributed by atoms with van der Waals surface area (Å²) >= 11 is 0. The van der Waals surface area contributed by atoms with Crippen molar-refractivity contribution in [2.75, 3.05) is 74.7 Å². The lowest BCUT2D eigenvalue weighted by atomic mass is 9.96. The van der Waals surface area contributed by atoms with E-state index in [9.17, 15) is 15.3 Å². The average Bonchev–Trinajstić information content (AvgIpc) is 3.46. The second-order valence-corrected chi connectivity index (χ2v) is 12.3. The van der Waals surface area contributed by atoms with Crippen LogP contribution < -0.4 is 19.4 Å². The van der Waals surface area contributed by atoms with E-state index in [1.807, 2.05) is 6.20 Å². The number of fused-ring (bicyclic) bond motifs is 2. The van der Waals surface area contributed by atoms with Gasteiger partial charge < -0.3 is 29.2 Å². The monoisotopic (exact) mass is 595 g/mol. The Morgan fingerprint density at radius 1 is 1.09 bits per heavy atom. The van der Waals surface area contributed by atoms with Gasteiger partial charge in [0, 0.05) is 57.6 Å². The molecule has 44 heavy (non-hydrogen) atoms. The third-order valence-electron chi connectivity index (χ3n) is 9.68. The predicted octanol–water partition coefficient (Wildman–Crippen LogP) is 2.88. The minimum atomic E-state index is -0.304. The number of piperazine rings is 1. The minimum Gasteiger partial charge on any atom is -0.475 e. The maximum atomic E-state index is 12.6. The summed E-state index contributed by atoms with van der Waals surface area (Å²) in [4.78, 5) is 33.3. The number of hydrogen-bond donors (Lipinski definition) is 0. The van der Waals surface area contributed by atoms with E-state index in [-0.39, 0.29) is 24.4 Å². The van der Waals surface area contributed by atoms with Gasteiger partial charge in [-0.25, -0.2) is 9.97 Å². The summed E-state index contributed by atoms with van der Waals surface area (Å²) in [6.45, 7) is 8.90. The number of aryl methyl sites for hydroxylation is 1. The van der Waals surface area contributed by atoms with Gasteiger partial charge in [0.05, 0.1) is 42.1 Å². The number of ether oxygens (including phenoxy) is 1. The summed E-state index contributed by atoms with van der Waals surface area (Å²) in [6, 6.07) is 6.80. The van der Waals surface area contributed by atoms with Gasteiger partial charge in [-0.05, 0) is 63.4 Å². The Morgan fingerprint density at radius 3 is 2.70 bits per heavy atom. The Kier molecular flexibility index (Phi) is 8.58. The van der Waals surface area contributed by atoms with Gasteiger partial charge in [0.15, 0.2) is 5.82 Å². The van der Waals surface area contributed by atoms with E-state index < -0.39 is 0 Å². The molecule has 6 rings (SSSR count). The maximum absolute atomic E-state index is 12.6. The predicted molar refractivity (Wildman–Crippen MR) is 169 cm³/mol. The molecule has 11 heteroatoms. The van der Waals surface area contributed by atoms with E-state index in [4.69, 9.17) is 14.7 Å². The zero-order valence-electron chi connectivity index (χ0n) is 25.8. The number of aromatic nitrogens is 2. The van der Waals surface area contributed by atoms with Gasteiger partial charge >= 0.3 is 0 Å². The van der Waals surface area contributed by atoms with Crippen LogP contribution in [0.4, 0.5) is 17.2 Å². The molecule has 0 saturated carbocycles. The highest BCUT2D eigenvalue weighted by atomic mass is 16.5. The summed E-state index contributed by atoms with van der Waals surface area (Å²) in [5, 5.41) is 20.1. The highest BCUT2D eigenvalue weighted by Gasteiger charge is 2.36. The summed E-state index contributed by atoms with van der Waals surface area (Å²) in [5.74, 6) is 1.17. The minimum absolute atomic E-state index is 0.175. The number of pyridine rings is 2. The van der Waals surface area contributed by atoms with Gasteiger partial charge in [0.1, 0.15) is 18.2 Å². The van der Waals surface area contributed by atoms with Crippen LogP contribution in [-0.4, -0.2) is 97.7 Å². The van der Waals surface area contributed by atoms with Crippen molar-refractivity contribution < 1.29 is 9.53 Å². The van der Waals surface area contributed by atoms with E-state index >= 15 is 0 Å². The summed E-state index contributed by atoms with van der Waals surface area (Å²) in [5.41, 5.74) is 5.72. The lowest BCUT2D eigenvalue weighted by molar-refractivity contribution is -0.128. The second kappa shape index (κ2) is 12.7. The highest BCUT2D eigenvalue weighted by Crippen LogP contribution is 2.41. The molecule has 0 N–H and O–H groups in total. The molecule has 1 amide bonds. The van der Waals surface area contributed by atoms with Crippen molar-refractivity contribution in [1.29, 1.82) is 10.5 Å². The molecule has 0 aliphatic carbocycles. The van der Waals surface area contributed by atoms with Crippen LogP contribution in [-0.2, 0) is 24.2 Å². The smallest absolute Gasteiger partial charge is 0.246 e. The molecule has 2 saturated heterocycles. The number of likely N-dealkylation sites (tertiary alicyclic amines) is 1. The average molecular weight is 596 g/mol. The van der Waals surface area contributed by atoms with E-state index in [1.165, 1.54) is 17.3 Å². The van der Waals surface area contributed by atoms with Gasteiger partial charge in [0.2, 0.25) is 11.8 Å². The first kappa shape index (κ1) is 29.7. The Morgan fingerprint density at radius 2 is 1.95 bits per heavy atom. The molecule has 0 aromatic carbocycles. The van der Waals surface area contributed by atoms with Crippen LogP contribution in [0.15, 0.2) is 24.9 Å². The molecule has 2 aromatic heterocycles. The quantitative estimate of drug-likeness (QED) is 0.443. The van der Waals surface area contributed by atoms with Gasteiger partial charge in [-0.3, -0.25) is 4.79 Å². The first-order valence-corrected chi connectivity index (χ1v) is 15.7. The number of anilines is 3. The fourth-order valence-corrected chi connectivity index (χ4v) is 7.33. The molecule has 4 aliphatic heterocycles. The van der Waals surface area contributed by atoms with Crippen LogP contribution >= 0.6 is 0 Å². The molecular formula is C33H41N9O2. The standard InChI is InChI=1S/C33H41N9O2/c1-4-29(43)42-18-17-40(20-24(42)9-12-34)31-26-11-16-41(32-30-23(10-13-36-32)7-5-15-39(30)3)21-28(26)37-33(27(31)19-35)44-22-25-8-6-14-38(25)2/h4,10,13,24-25H,1,5-9,11,14-18,20-22H2,2-3H3/t24-,25-/m0/s1. The van der Waals surface area contributed by atoms with E-state index in [0.29, 0.717) is 50.7 Å². The topological polar surface area (TPSA) is 116 Å². The third-order valence-corrected chi connectivity index (χ3v) is 9.68. The number of amides is 1. The summed E-state index contributed by atoms with van der Waals surface area (Å²) in [7, 11) is 4.25. The van der Waals surface area contributed by atoms with Gasteiger partial charge in [-0.1, -0.05) is 6.58 Å². The van der Waals surface area contributed by atoms with Gasteiger partial charge in [-0.2, -0.15) is 10.5 Å². The van der Waals surface area contributed by atoms with Crippen molar-refractivity contribution in [3.8, 4) is 18.0 Å². The first-order valence-electron chi connectivity index (χ1n) is 15.7. The summed E-state index contributed by atoms with van der Waals surface area (Å²) < 4.78 is 6.41. The first-order chi connectivity index (χ1) is 21.4. The van der Waals surface area contributed by atoms with Crippen LogP contribution in [0, 0.1) is 22.7 Å². The molecule has 0 spiro atoms. The molecule has 0 radical (unpaired) electrons. The molecule has 4 aliphatic rings. The normalized spacial score (nSPS) is 21.7. The number of likely N-dealkylation sites (N-methyl/N-ethyl adjacent to an activating group) is 1. The van der Waals surface area contributed by atoms with Crippen molar-refractivity contribution in [3.05, 3.63) is 47.3 Å². The van der Waals surface area contributed by atoms with Crippen molar-refractivity contribution in [2.24, 2.45) is 0 Å². The fourth-order valence-electron chi connectivity index (χ4n) is 7.33. The Balaban J connectivity index is 1.39. The maximum Gasteiger partial charge on any atom is 0.246 e. The van der Waals surface area contributed by atoms with E-state index in [0.717, 1.165) is 68.1 Å². The number of nitriles is 2. The largest absolute Gasteiger partial charge is 0.475 e. The molecule has 0 bridgehead atoms. The van der Waals surface area contributed by atoms with Crippen LogP contribution in [0.3, 0.4) is 0 Å². The van der Waals surface area contributed by atoms with Crippen molar-refractivity contribution >= 4 is 23.1 Å². The molecule has 11 nitrogen and oxygen atoms in total. The SMILES string of the molecule is C=CC(=O)N1CCN(c2c(C#N)c(OC[C@@H]3CCCN3C)nc3c2CCN(c2nccc4c2N(C)CCC4)C3)C[C@@H]1CC#N. The third kappa shape index (κ3) is 5.53. The molecule has 6 heterocycles. The van der Waals surface area contributed by atoms with Crippen LogP contribution in [0.25, 0.3) is 0 Å². The Labute approximate surface area is 259 Å². The number of hydrogen-bond acceptors (Lipinski definition) is 10. The zero-order chi connectivity index (χ0) is 30.8. The number of nitrogens with zero attached hydrogens (tertiary/aromatic N) is 9. The van der Waals surface area contributed by atoms with E-state index in [2.05, 4.69) is 58.5 Å². The van der Waals surface area contributed by atoms with Gasteiger partial charge in [-0.15, -0.1) is 0 Å². The van der Waals surface area contributed by atoms with Crippen molar-refractivity contribution in [2.45, 2.75) is 57.2 Å². The van der Waals surface area contributed by atoms with Crippen LogP contribution in [0.2, 0.25) is 0 Å². The lowest BCUT2D eigenvalue weighted by Crippen LogP contribution is -2.55. The number of carbonyl (C=O) groups excluding carboxylic acids is 1. The van der Waals surface area contributed by atoms with Crippen molar-refractivity contribution in [1.82, 2.24) is 19.8 Å². The lowest BCUT2D eigenvalue weighted by Gasteiger charge is -2.43. The summed E-state index contributed by atoms with van der Waals surface area (Å²) in [6.07, 6.45) is 8.48. The second-order valence-electron chi connectivity index (χ2n) is 12.3. The zero-order valence-corrected chi connectivity index (χ0v) is 25.8. The molecule has 2 aromatic rings. The van der Waals surface area contributed by atoms with E-state index in [1.54, 1.807) is 4.90 Å². The molecular weight excluding hydrogens is 554 g/mol. The van der Waals surface area contributed by atoms with Gasteiger partial charge in [0.25, 0.3) is 0 Å². The molecule has 2 atom stereocenters. The highest BCUT2D eigenvalue weighted by molar-refractivity contribution is 5.87. The molecule has 2 fully saturated rings. The number of rotatable bonds is 7. The molecule has 0 unspecified atom stereocenters. The fraction of sp³-hybridized carbons (Fsp3) is 0.545. The van der Waals surface area contributed by atoms with Crippen molar-refractivity contribution in [3.63, 3.8) is 0 Å². The Bertz CT molecular complexity index is 1510. The Hall–Kier alpha value is -4.35. The van der Waals surface area contributed by atoms with Crippen LogP contribution in [0.1, 0.15) is 48.1 Å². The number of carbonyl (C=O) groups is 1.